The van der Waals surface area contributed by atoms with Crippen LogP contribution in [-0.2, 0) is 6.54 Å². The summed E-state index contributed by atoms with van der Waals surface area (Å²) in [6.45, 7) is 6.46. The maximum absolute atomic E-state index is 12.8. The summed E-state index contributed by atoms with van der Waals surface area (Å²) in [6.07, 6.45) is 6.88. The highest BCUT2D eigenvalue weighted by molar-refractivity contribution is 6.02. The molecule has 0 saturated carbocycles. The van der Waals surface area contributed by atoms with E-state index < -0.39 is 5.66 Å². The number of carbonyl (C=O) groups excluding carboxylic acids is 1. The minimum absolute atomic E-state index is 0.172. The lowest BCUT2D eigenvalue weighted by Gasteiger charge is -2.44. The van der Waals surface area contributed by atoms with Crippen LogP contribution in [0.2, 0.25) is 0 Å². The molecule has 0 bridgehead atoms. The Balaban J connectivity index is 1.67. The van der Waals surface area contributed by atoms with Crippen molar-refractivity contribution in [3.8, 4) is 11.3 Å². The van der Waals surface area contributed by atoms with Crippen molar-refractivity contribution in [1.82, 2.24) is 25.3 Å². The summed E-state index contributed by atoms with van der Waals surface area (Å²) in [5.41, 5.74) is 3.86. The van der Waals surface area contributed by atoms with Gasteiger partial charge >= 0.3 is 0 Å². The van der Waals surface area contributed by atoms with Crippen molar-refractivity contribution in [3.63, 3.8) is 0 Å². The molecule has 1 atom stereocenters. The molecule has 0 radical (unpaired) electrons. The van der Waals surface area contributed by atoms with Gasteiger partial charge in [-0.2, -0.15) is 0 Å². The van der Waals surface area contributed by atoms with Gasteiger partial charge in [0.05, 0.1) is 11.3 Å². The van der Waals surface area contributed by atoms with E-state index >= 15 is 0 Å². The first-order valence-corrected chi connectivity index (χ1v) is 9.66. The summed E-state index contributed by atoms with van der Waals surface area (Å²) in [5.74, 6) is 0.440. The average Bonchev–Trinajstić information content (AvgIpc) is 3.21. The van der Waals surface area contributed by atoms with Gasteiger partial charge in [-0.3, -0.25) is 9.78 Å². The van der Waals surface area contributed by atoms with E-state index in [2.05, 4.69) is 43.9 Å². The molecule has 148 valence electrons. The number of benzene rings is 1. The highest BCUT2D eigenvalue weighted by Crippen LogP contribution is 2.35. The minimum Gasteiger partial charge on any atom is -0.344 e. The number of pyridine rings is 1. The van der Waals surface area contributed by atoms with Crippen LogP contribution in [0.25, 0.3) is 22.4 Å². The fourth-order valence-electron chi connectivity index (χ4n) is 3.78. The van der Waals surface area contributed by atoms with Crippen molar-refractivity contribution in [2.75, 3.05) is 4.90 Å². The first kappa shape index (κ1) is 18.1. The van der Waals surface area contributed by atoms with Crippen molar-refractivity contribution in [3.05, 3.63) is 84.8 Å². The fraction of sp³-hybridized carbons (Fsp3) is 0.130. The van der Waals surface area contributed by atoms with E-state index in [-0.39, 0.29) is 5.91 Å². The molecule has 3 aromatic heterocycles. The highest BCUT2D eigenvalue weighted by Gasteiger charge is 2.39. The van der Waals surface area contributed by atoms with E-state index in [9.17, 15) is 4.79 Å². The number of carbonyl (C=O) groups is 1. The zero-order chi connectivity index (χ0) is 20.7. The Morgan fingerprint density at radius 1 is 1.10 bits per heavy atom. The predicted molar refractivity (Wildman–Crippen MR) is 116 cm³/mol. The van der Waals surface area contributed by atoms with Crippen LogP contribution in [0.3, 0.4) is 0 Å². The Morgan fingerprint density at radius 2 is 1.90 bits per heavy atom. The molecule has 0 saturated heterocycles. The monoisotopic (exact) mass is 396 g/mol. The molecule has 4 heterocycles. The summed E-state index contributed by atoms with van der Waals surface area (Å²) in [4.78, 5) is 31.7. The van der Waals surface area contributed by atoms with Gasteiger partial charge in [0.15, 0.2) is 5.65 Å². The molecule has 30 heavy (non-hydrogen) atoms. The van der Waals surface area contributed by atoms with Gasteiger partial charge in [-0.1, -0.05) is 36.9 Å². The molecular formula is C23H20N6O. The topological polar surface area (TPSA) is 86.8 Å². The lowest BCUT2D eigenvalue weighted by Crippen LogP contribution is -2.61. The fourth-order valence-corrected chi connectivity index (χ4v) is 3.78. The van der Waals surface area contributed by atoms with Crippen molar-refractivity contribution < 1.29 is 4.79 Å². The van der Waals surface area contributed by atoms with Gasteiger partial charge in [0.2, 0.25) is 0 Å². The molecule has 1 aliphatic rings. The average molecular weight is 396 g/mol. The molecule has 1 unspecified atom stereocenters. The van der Waals surface area contributed by atoms with Crippen LogP contribution in [0.15, 0.2) is 73.7 Å². The van der Waals surface area contributed by atoms with Gasteiger partial charge in [0, 0.05) is 30.7 Å². The second kappa shape index (κ2) is 6.81. The van der Waals surface area contributed by atoms with Crippen molar-refractivity contribution in [1.29, 1.82) is 0 Å². The largest absolute Gasteiger partial charge is 0.344 e. The maximum atomic E-state index is 12.8. The number of aromatic nitrogens is 4. The number of amides is 1. The summed E-state index contributed by atoms with van der Waals surface area (Å²) >= 11 is 0. The van der Waals surface area contributed by atoms with Crippen LogP contribution in [0.5, 0.6) is 0 Å². The van der Waals surface area contributed by atoms with Crippen LogP contribution in [0.4, 0.5) is 5.82 Å². The molecule has 7 nitrogen and oxygen atoms in total. The third-order valence-electron chi connectivity index (χ3n) is 5.47. The number of anilines is 1. The van der Waals surface area contributed by atoms with Crippen molar-refractivity contribution >= 4 is 22.9 Å². The smallest absolute Gasteiger partial charge is 0.257 e. The van der Waals surface area contributed by atoms with Crippen LogP contribution < -0.4 is 10.2 Å². The van der Waals surface area contributed by atoms with Crippen LogP contribution in [0, 0.1) is 0 Å². The maximum Gasteiger partial charge on any atom is 0.257 e. The van der Waals surface area contributed by atoms with Crippen molar-refractivity contribution in [2.45, 2.75) is 19.1 Å². The SMILES string of the molecule is C=CC1(C)NC(=O)c2ccc(-c3c[nH]c4nccnc34)nc2N1Cc1ccccc1. The Hall–Kier alpha value is -4.00. The van der Waals surface area contributed by atoms with Gasteiger partial charge in [0.25, 0.3) is 5.91 Å². The number of nitrogens with zero attached hydrogens (tertiary/aromatic N) is 4. The van der Waals surface area contributed by atoms with Gasteiger partial charge in [-0.15, -0.1) is 0 Å². The quantitative estimate of drug-likeness (QED) is 0.514. The van der Waals surface area contributed by atoms with E-state index in [1.165, 1.54) is 0 Å². The molecule has 1 amide bonds. The lowest BCUT2D eigenvalue weighted by molar-refractivity contribution is 0.0907. The molecule has 5 rings (SSSR count). The molecule has 0 fully saturated rings. The first-order chi connectivity index (χ1) is 14.6. The predicted octanol–water partition coefficient (Wildman–Crippen LogP) is 3.67. The molecule has 7 heteroatoms. The van der Waals surface area contributed by atoms with E-state index in [0.29, 0.717) is 23.6 Å². The molecule has 0 aliphatic carbocycles. The van der Waals surface area contributed by atoms with E-state index in [4.69, 9.17) is 4.98 Å². The molecular weight excluding hydrogens is 376 g/mol. The Labute approximate surface area is 173 Å². The summed E-state index contributed by atoms with van der Waals surface area (Å²) < 4.78 is 0. The molecule has 2 N–H and O–H groups in total. The minimum atomic E-state index is -0.772. The summed E-state index contributed by atoms with van der Waals surface area (Å²) in [7, 11) is 0. The number of hydrogen-bond acceptors (Lipinski definition) is 5. The number of fused-ring (bicyclic) bond motifs is 2. The standard InChI is InChI=1S/C23H20N6O/c1-3-23(2)28-22(30)16-9-10-18(17-13-26-20-19(17)24-11-12-25-20)27-21(16)29(23)14-15-7-5-4-6-8-15/h3-13H,1,14H2,2H3,(H,25,26)(H,28,30). The molecule has 0 spiro atoms. The van der Waals surface area contributed by atoms with Gasteiger partial charge < -0.3 is 15.2 Å². The Morgan fingerprint density at radius 3 is 2.70 bits per heavy atom. The van der Waals surface area contributed by atoms with Crippen LogP contribution in [0.1, 0.15) is 22.8 Å². The Bertz CT molecular complexity index is 1270. The van der Waals surface area contributed by atoms with Gasteiger partial charge in [0.1, 0.15) is 17.0 Å². The number of rotatable bonds is 4. The number of H-pyrrole nitrogens is 1. The molecule has 1 aromatic carbocycles. The third kappa shape index (κ3) is 2.83. The zero-order valence-electron chi connectivity index (χ0n) is 16.5. The highest BCUT2D eigenvalue weighted by atomic mass is 16.2. The van der Waals surface area contributed by atoms with E-state index in [0.717, 1.165) is 22.3 Å². The normalized spacial score (nSPS) is 18.2. The molecule has 4 aromatic rings. The van der Waals surface area contributed by atoms with Crippen LogP contribution >= 0.6 is 0 Å². The van der Waals surface area contributed by atoms with E-state index in [1.807, 2.05) is 43.5 Å². The second-order valence-corrected chi connectivity index (χ2v) is 7.40. The molecule has 1 aliphatic heterocycles. The third-order valence-corrected chi connectivity index (χ3v) is 5.47. The summed E-state index contributed by atoms with van der Waals surface area (Å²) in [5, 5.41) is 3.05. The van der Waals surface area contributed by atoms with Gasteiger partial charge in [-0.25, -0.2) is 9.97 Å². The van der Waals surface area contributed by atoms with Crippen LogP contribution in [-0.4, -0.2) is 31.5 Å². The zero-order valence-corrected chi connectivity index (χ0v) is 16.5. The summed E-state index contributed by atoms with van der Waals surface area (Å²) in [6, 6.07) is 13.7. The van der Waals surface area contributed by atoms with Crippen molar-refractivity contribution in [2.24, 2.45) is 0 Å². The first-order valence-electron chi connectivity index (χ1n) is 9.66. The Kier molecular flexibility index (Phi) is 4.10. The van der Waals surface area contributed by atoms with E-state index in [1.54, 1.807) is 18.5 Å². The number of hydrogen-bond donors (Lipinski definition) is 2. The second-order valence-electron chi connectivity index (χ2n) is 7.40. The van der Waals surface area contributed by atoms with Gasteiger partial charge in [-0.05, 0) is 30.7 Å². The number of aromatic amines is 1. The number of nitrogens with one attached hydrogen (secondary N) is 2. The lowest BCUT2D eigenvalue weighted by atomic mass is 10.0.